The molecular weight excluding hydrogens is 344 g/mol. The number of hydrogen-bond donors (Lipinski definition) is 1. The van der Waals surface area contributed by atoms with E-state index < -0.39 is 4.92 Å². The normalized spacial score (nSPS) is 10.4. The van der Waals surface area contributed by atoms with Gasteiger partial charge in [0.2, 0.25) is 0 Å². The van der Waals surface area contributed by atoms with E-state index in [4.69, 9.17) is 11.6 Å². The number of benzene rings is 2. The molecule has 2 aromatic carbocycles. The van der Waals surface area contributed by atoms with Crippen molar-refractivity contribution in [2.75, 3.05) is 5.32 Å². The van der Waals surface area contributed by atoms with Gasteiger partial charge in [-0.3, -0.25) is 14.9 Å². The average Bonchev–Trinajstić information content (AvgIpc) is 3.06. The first-order valence-corrected chi connectivity index (χ1v) is 7.72. The summed E-state index contributed by atoms with van der Waals surface area (Å²) in [6.45, 7) is 0.449. The number of para-hydroxylation sites is 1. The third-order valence-corrected chi connectivity index (χ3v) is 3.83. The van der Waals surface area contributed by atoms with Gasteiger partial charge in [-0.1, -0.05) is 35.9 Å². The van der Waals surface area contributed by atoms with Gasteiger partial charge in [0, 0.05) is 24.9 Å². The highest BCUT2D eigenvalue weighted by atomic mass is 35.5. The summed E-state index contributed by atoms with van der Waals surface area (Å²) in [6, 6.07) is 13.2. The Hall–Kier alpha value is -3.19. The van der Waals surface area contributed by atoms with Crippen molar-refractivity contribution < 1.29 is 9.72 Å². The zero-order valence-corrected chi connectivity index (χ0v) is 13.7. The lowest BCUT2D eigenvalue weighted by Gasteiger charge is -2.05. The second-order valence-electron chi connectivity index (χ2n) is 5.29. The van der Waals surface area contributed by atoms with Crippen molar-refractivity contribution in [3.63, 3.8) is 0 Å². The van der Waals surface area contributed by atoms with Crippen LogP contribution in [0.1, 0.15) is 16.1 Å². The zero-order valence-electron chi connectivity index (χ0n) is 12.9. The van der Waals surface area contributed by atoms with Gasteiger partial charge in [0.1, 0.15) is 5.69 Å². The van der Waals surface area contributed by atoms with Crippen LogP contribution in [0.4, 0.5) is 11.4 Å². The number of nitrogens with one attached hydrogen (secondary N) is 1. The number of rotatable bonds is 5. The molecule has 126 valence electrons. The number of aromatic nitrogens is 2. The summed E-state index contributed by atoms with van der Waals surface area (Å²) >= 11 is 6.02. The molecule has 0 aliphatic rings. The first-order valence-electron chi connectivity index (χ1n) is 7.34. The largest absolute Gasteiger partial charge is 0.332 e. The number of amides is 1. The Morgan fingerprint density at radius 3 is 2.60 bits per heavy atom. The lowest BCUT2D eigenvalue weighted by molar-refractivity contribution is -0.384. The average molecular weight is 357 g/mol. The molecule has 1 aromatic heterocycles. The second-order valence-corrected chi connectivity index (χ2v) is 5.70. The maximum absolute atomic E-state index is 12.2. The SMILES string of the molecule is O=C(Nc1ccccc1Cl)c1cn(Cc2ccc([N+](=O)[O-])cc2)cn1. The van der Waals surface area contributed by atoms with Gasteiger partial charge in [-0.05, 0) is 17.7 Å². The highest BCUT2D eigenvalue weighted by Crippen LogP contribution is 2.21. The van der Waals surface area contributed by atoms with Crippen LogP contribution in [0.25, 0.3) is 0 Å². The minimum absolute atomic E-state index is 0.0363. The molecule has 0 bridgehead atoms. The Balaban J connectivity index is 1.68. The topological polar surface area (TPSA) is 90.1 Å². The summed E-state index contributed by atoms with van der Waals surface area (Å²) in [5.41, 5.74) is 1.66. The summed E-state index contributed by atoms with van der Waals surface area (Å²) in [5.74, 6) is -0.365. The van der Waals surface area contributed by atoms with E-state index in [1.807, 2.05) is 0 Å². The van der Waals surface area contributed by atoms with Gasteiger partial charge in [0.15, 0.2) is 0 Å². The van der Waals surface area contributed by atoms with E-state index in [-0.39, 0.29) is 17.3 Å². The molecule has 1 heterocycles. The maximum atomic E-state index is 12.2. The number of nitrogens with zero attached hydrogens (tertiary/aromatic N) is 3. The van der Waals surface area contributed by atoms with Crippen LogP contribution in [0.15, 0.2) is 61.1 Å². The molecule has 7 nitrogen and oxygen atoms in total. The molecule has 3 rings (SSSR count). The van der Waals surface area contributed by atoms with Crippen LogP contribution in [0.2, 0.25) is 5.02 Å². The zero-order chi connectivity index (χ0) is 17.8. The number of carbonyl (C=O) groups is 1. The summed E-state index contributed by atoms with van der Waals surface area (Å²) < 4.78 is 1.72. The summed E-state index contributed by atoms with van der Waals surface area (Å²) in [7, 11) is 0. The van der Waals surface area contributed by atoms with E-state index in [0.717, 1.165) is 5.56 Å². The molecule has 1 amide bonds. The van der Waals surface area contributed by atoms with Gasteiger partial charge in [-0.15, -0.1) is 0 Å². The van der Waals surface area contributed by atoms with Gasteiger partial charge in [0.25, 0.3) is 11.6 Å². The van der Waals surface area contributed by atoms with Crippen molar-refractivity contribution in [3.8, 4) is 0 Å². The lowest BCUT2D eigenvalue weighted by atomic mass is 10.2. The van der Waals surface area contributed by atoms with Crippen LogP contribution < -0.4 is 5.32 Å². The predicted octanol–water partition coefficient (Wildman–Crippen LogP) is 3.75. The van der Waals surface area contributed by atoms with Gasteiger partial charge in [0.05, 0.1) is 22.0 Å². The molecule has 0 spiro atoms. The summed E-state index contributed by atoms with van der Waals surface area (Å²) in [6.07, 6.45) is 3.14. The van der Waals surface area contributed by atoms with Crippen molar-refractivity contribution in [1.82, 2.24) is 9.55 Å². The Kier molecular flexibility index (Phi) is 4.76. The van der Waals surface area contributed by atoms with Crippen LogP contribution in [0.5, 0.6) is 0 Å². The number of anilines is 1. The van der Waals surface area contributed by atoms with Crippen LogP contribution in [0, 0.1) is 10.1 Å². The molecule has 0 aliphatic carbocycles. The fourth-order valence-corrected chi connectivity index (χ4v) is 2.43. The molecule has 8 heteroatoms. The van der Waals surface area contributed by atoms with E-state index in [0.29, 0.717) is 17.3 Å². The van der Waals surface area contributed by atoms with Crippen molar-refractivity contribution >= 4 is 28.9 Å². The third kappa shape index (κ3) is 4.02. The number of nitro groups is 1. The second kappa shape index (κ2) is 7.14. The van der Waals surface area contributed by atoms with Gasteiger partial charge < -0.3 is 9.88 Å². The van der Waals surface area contributed by atoms with E-state index >= 15 is 0 Å². The van der Waals surface area contributed by atoms with E-state index in [2.05, 4.69) is 10.3 Å². The van der Waals surface area contributed by atoms with Crippen LogP contribution in [0.3, 0.4) is 0 Å². The van der Waals surface area contributed by atoms with Crippen molar-refractivity contribution in [1.29, 1.82) is 0 Å². The summed E-state index contributed by atoms with van der Waals surface area (Å²) in [4.78, 5) is 26.5. The highest BCUT2D eigenvalue weighted by Gasteiger charge is 2.12. The Morgan fingerprint density at radius 2 is 1.92 bits per heavy atom. The number of nitro benzene ring substituents is 1. The van der Waals surface area contributed by atoms with Gasteiger partial charge in [-0.25, -0.2) is 4.98 Å². The monoisotopic (exact) mass is 356 g/mol. The molecule has 3 aromatic rings. The standard InChI is InChI=1S/C17H13ClN4O3/c18-14-3-1-2-4-15(14)20-17(23)16-10-21(11-19-16)9-12-5-7-13(8-6-12)22(24)25/h1-8,10-11H,9H2,(H,20,23). The Bertz CT molecular complexity index is 922. The van der Waals surface area contributed by atoms with Gasteiger partial charge >= 0.3 is 0 Å². The Morgan fingerprint density at radius 1 is 1.20 bits per heavy atom. The number of non-ortho nitro benzene ring substituents is 1. The van der Waals surface area contributed by atoms with Crippen molar-refractivity contribution in [2.24, 2.45) is 0 Å². The number of halogens is 1. The molecular formula is C17H13ClN4O3. The first-order chi connectivity index (χ1) is 12.0. The molecule has 1 N–H and O–H groups in total. The molecule has 25 heavy (non-hydrogen) atoms. The van der Waals surface area contributed by atoms with Crippen molar-refractivity contribution in [3.05, 3.63) is 87.4 Å². The first kappa shape index (κ1) is 16.7. The molecule has 0 unspecified atom stereocenters. The minimum atomic E-state index is -0.446. The van der Waals surface area contributed by atoms with E-state index in [9.17, 15) is 14.9 Å². The third-order valence-electron chi connectivity index (χ3n) is 3.50. The number of imidazole rings is 1. The molecule has 0 saturated carbocycles. The molecule has 0 fully saturated rings. The van der Waals surface area contributed by atoms with Crippen LogP contribution in [-0.2, 0) is 6.54 Å². The van der Waals surface area contributed by atoms with Gasteiger partial charge in [-0.2, -0.15) is 0 Å². The summed E-state index contributed by atoms with van der Waals surface area (Å²) in [5, 5.41) is 13.8. The smallest absolute Gasteiger partial charge is 0.275 e. The maximum Gasteiger partial charge on any atom is 0.275 e. The minimum Gasteiger partial charge on any atom is -0.332 e. The molecule has 0 saturated heterocycles. The molecule has 0 aliphatic heterocycles. The van der Waals surface area contributed by atoms with E-state index in [1.54, 1.807) is 47.2 Å². The molecule has 0 atom stereocenters. The van der Waals surface area contributed by atoms with E-state index in [1.165, 1.54) is 18.5 Å². The highest BCUT2D eigenvalue weighted by molar-refractivity contribution is 6.33. The van der Waals surface area contributed by atoms with Crippen LogP contribution >= 0.6 is 11.6 Å². The number of carbonyl (C=O) groups excluding carboxylic acids is 1. The fraction of sp³-hybridized carbons (Fsp3) is 0.0588. The quantitative estimate of drug-likeness (QED) is 0.557. The molecule has 0 radical (unpaired) electrons. The van der Waals surface area contributed by atoms with Crippen molar-refractivity contribution in [2.45, 2.75) is 6.54 Å². The predicted molar refractivity (Wildman–Crippen MR) is 93.8 cm³/mol. The lowest BCUT2D eigenvalue weighted by Crippen LogP contribution is -2.12. The van der Waals surface area contributed by atoms with Crippen LogP contribution in [-0.4, -0.2) is 20.4 Å². The fourth-order valence-electron chi connectivity index (χ4n) is 2.25. The Labute approximate surface area is 148 Å². The number of hydrogen-bond acceptors (Lipinski definition) is 4.